The molecule has 1 rings (SSSR count). The number of rotatable bonds is 5. The van der Waals surface area contributed by atoms with E-state index >= 15 is 0 Å². The van der Waals surface area contributed by atoms with E-state index in [1.165, 1.54) is 11.3 Å². The van der Waals surface area contributed by atoms with E-state index in [2.05, 4.69) is 9.98 Å². The van der Waals surface area contributed by atoms with E-state index in [0.29, 0.717) is 12.8 Å². The van der Waals surface area contributed by atoms with Gasteiger partial charge in [-0.1, -0.05) is 0 Å². The van der Waals surface area contributed by atoms with Crippen LogP contribution in [0.2, 0.25) is 0 Å². The molecule has 0 bridgehead atoms. The molecule has 1 aromatic rings. The van der Waals surface area contributed by atoms with Crippen LogP contribution in [0.1, 0.15) is 5.69 Å². The Labute approximate surface area is 84.8 Å². The number of hydrogen-bond donors (Lipinski definition) is 1. The molecule has 1 atom stereocenters. The minimum atomic E-state index is -1.06. The Morgan fingerprint density at radius 3 is 3.14 bits per heavy atom. The Bertz CT molecular complexity index is 339. The van der Waals surface area contributed by atoms with E-state index in [9.17, 15) is 9.50 Å². The predicted molar refractivity (Wildman–Crippen MR) is 52.2 cm³/mol. The summed E-state index contributed by atoms with van der Waals surface area (Å²) < 4.78 is 9.98. The normalized spacial score (nSPS) is 12.6. The fraction of sp³-hybridized carbons (Fsp3) is 0.286. The number of carboxylic acid groups (broad SMARTS) is 1. The summed E-state index contributed by atoms with van der Waals surface area (Å²) >= 11 is 1.39. The molecule has 0 saturated heterocycles. The fourth-order valence-corrected chi connectivity index (χ4v) is 1.45. The van der Waals surface area contributed by atoms with Crippen LogP contribution in [0, 0.1) is 0 Å². The molecule has 5 nitrogen and oxygen atoms in total. The molecule has 1 aromatic heterocycles. The van der Waals surface area contributed by atoms with Crippen LogP contribution < -0.4 is 0 Å². The molecule has 0 saturated carbocycles. The third-order valence-corrected chi connectivity index (χ3v) is 2.13. The Hall–Kier alpha value is -1.37. The predicted octanol–water partition coefficient (Wildman–Crippen LogP) is 0.217. The number of nitrogens with zero attached hydrogens (tertiary/aromatic N) is 2. The first-order chi connectivity index (χ1) is 6.74. The van der Waals surface area contributed by atoms with Gasteiger partial charge in [0.1, 0.15) is 0 Å². The van der Waals surface area contributed by atoms with Crippen LogP contribution in [0.4, 0.5) is 0 Å². The van der Waals surface area contributed by atoms with E-state index in [4.69, 9.17) is 5.11 Å². The van der Waals surface area contributed by atoms with Crippen molar-refractivity contribution in [3.05, 3.63) is 16.6 Å². The maximum absolute atomic E-state index is 10.7. The quantitative estimate of drug-likeness (QED) is 0.556. The molecular weight excluding hydrogens is 203 g/mol. The van der Waals surface area contributed by atoms with Gasteiger partial charge in [-0.05, 0) is 0 Å². The van der Waals surface area contributed by atoms with Crippen molar-refractivity contribution in [1.29, 1.82) is 0 Å². The third kappa shape index (κ3) is 3.17. The topological polar surface area (TPSA) is 79.6 Å². The van der Waals surface area contributed by atoms with Gasteiger partial charge < -0.3 is 0 Å². The molecule has 0 aliphatic carbocycles. The van der Waals surface area contributed by atoms with E-state index in [0.717, 1.165) is 6.11 Å². The molecule has 0 fully saturated rings. The van der Waals surface area contributed by atoms with Crippen LogP contribution >= 0.6 is 11.3 Å². The molecule has 1 unspecified atom stereocenters. The third-order valence-electron chi connectivity index (χ3n) is 1.50. The Balaban J connectivity index is 2.65. The second-order valence-corrected chi connectivity index (χ2v) is 3.19. The SMILES string of the molecule is O=B/C=N/C(Cc1cscn1)C(=O)O. The molecule has 1 N–H and O–H groups in total. The minimum absolute atomic E-state index is 0.211. The zero-order valence-corrected chi connectivity index (χ0v) is 7.98. The summed E-state index contributed by atoms with van der Waals surface area (Å²) in [6.07, 6.45) is 1.16. The van der Waals surface area contributed by atoms with Crippen LogP contribution in [0.5, 0.6) is 0 Å². The molecule has 0 aromatic carbocycles. The van der Waals surface area contributed by atoms with Gasteiger partial charge in [-0.3, -0.25) is 0 Å². The monoisotopic (exact) mass is 210 g/mol. The number of thiazole rings is 1. The number of aromatic nitrogens is 1. The van der Waals surface area contributed by atoms with Crippen LogP contribution in [0.25, 0.3) is 0 Å². The summed E-state index contributed by atoms with van der Waals surface area (Å²) in [4.78, 5) is 18.2. The Morgan fingerprint density at radius 2 is 2.64 bits per heavy atom. The van der Waals surface area contributed by atoms with Gasteiger partial charge in [0.25, 0.3) is 0 Å². The average molecular weight is 210 g/mol. The Kier molecular flexibility index (Phi) is 4.12. The molecule has 14 heavy (non-hydrogen) atoms. The number of aliphatic imine (C=N–C) groups is 1. The van der Waals surface area contributed by atoms with Crippen molar-refractivity contribution in [3.63, 3.8) is 0 Å². The summed E-state index contributed by atoms with van der Waals surface area (Å²) in [6, 6.07) is -0.928. The number of carboxylic acids is 1. The molecular formula is C7H7BN2O3S. The second kappa shape index (κ2) is 5.38. The van der Waals surface area contributed by atoms with Gasteiger partial charge in [-0.2, -0.15) is 0 Å². The first-order valence-corrected chi connectivity index (χ1v) is 4.75. The van der Waals surface area contributed by atoms with Crippen LogP contribution in [-0.2, 0) is 15.9 Å². The van der Waals surface area contributed by atoms with Gasteiger partial charge in [0.2, 0.25) is 0 Å². The van der Waals surface area contributed by atoms with E-state index < -0.39 is 12.0 Å². The van der Waals surface area contributed by atoms with Gasteiger partial charge >= 0.3 is 84.2 Å². The molecule has 7 heteroatoms. The van der Waals surface area contributed by atoms with Crippen molar-refractivity contribution in [2.45, 2.75) is 12.5 Å². The van der Waals surface area contributed by atoms with Crippen LogP contribution in [0.15, 0.2) is 15.9 Å². The van der Waals surface area contributed by atoms with Gasteiger partial charge in [-0.15, -0.1) is 0 Å². The van der Waals surface area contributed by atoms with Crippen molar-refractivity contribution in [1.82, 2.24) is 4.98 Å². The maximum atomic E-state index is 10.7. The van der Waals surface area contributed by atoms with Crippen molar-refractivity contribution in [2.75, 3.05) is 0 Å². The molecule has 72 valence electrons. The molecule has 0 aliphatic heterocycles. The standard InChI is InChI=1S/C7H7BN2O3S/c11-7(12)6(9-3-8-13)1-5-2-14-4-10-5/h2-4,6H,1H2,(H,11,12)/b9-3+. The zero-order valence-electron chi connectivity index (χ0n) is 7.16. The van der Waals surface area contributed by atoms with Gasteiger partial charge in [0, 0.05) is 0 Å². The second-order valence-electron chi connectivity index (χ2n) is 2.47. The Morgan fingerprint density at radius 1 is 1.86 bits per heavy atom. The van der Waals surface area contributed by atoms with Crippen molar-refractivity contribution in [2.24, 2.45) is 4.99 Å². The molecule has 1 heterocycles. The summed E-state index contributed by atoms with van der Waals surface area (Å²) in [6.45, 7) is 0. The van der Waals surface area contributed by atoms with Crippen molar-refractivity contribution in [3.8, 4) is 0 Å². The summed E-state index contributed by atoms with van der Waals surface area (Å²) in [7, 11) is 0.455. The summed E-state index contributed by atoms with van der Waals surface area (Å²) in [5, 5.41) is 10.5. The molecule has 0 radical (unpaired) electrons. The zero-order chi connectivity index (χ0) is 10.4. The number of carbonyl (C=O) groups is 1. The van der Waals surface area contributed by atoms with E-state index in [1.807, 2.05) is 0 Å². The van der Waals surface area contributed by atoms with Gasteiger partial charge in [0.05, 0.1) is 0 Å². The molecule has 0 spiro atoms. The first-order valence-electron chi connectivity index (χ1n) is 3.81. The fourth-order valence-electron chi connectivity index (χ4n) is 0.879. The first kappa shape index (κ1) is 10.7. The number of aliphatic carboxylic acids is 1. The van der Waals surface area contributed by atoms with Crippen molar-refractivity contribution >= 4 is 30.6 Å². The van der Waals surface area contributed by atoms with E-state index in [1.54, 1.807) is 10.9 Å². The van der Waals surface area contributed by atoms with E-state index in [-0.39, 0.29) is 6.42 Å². The van der Waals surface area contributed by atoms with Crippen molar-refractivity contribution < 1.29 is 14.6 Å². The van der Waals surface area contributed by atoms with Gasteiger partial charge in [0.15, 0.2) is 0 Å². The average Bonchev–Trinajstić information content (AvgIpc) is 2.64. The van der Waals surface area contributed by atoms with Crippen LogP contribution in [-0.4, -0.2) is 35.4 Å². The summed E-state index contributed by atoms with van der Waals surface area (Å²) in [5.74, 6) is -1.06. The van der Waals surface area contributed by atoms with Gasteiger partial charge in [-0.25, -0.2) is 0 Å². The molecule has 0 amide bonds. The van der Waals surface area contributed by atoms with Crippen LogP contribution in [0.3, 0.4) is 0 Å². The molecule has 0 aliphatic rings. The summed E-state index contributed by atoms with van der Waals surface area (Å²) in [5.41, 5.74) is 2.29. The number of hydrogen-bond acceptors (Lipinski definition) is 5.